The number of morpholine rings is 1. The van der Waals surface area contributed by atoms with Crippen LogP contribution in [0.1, 0.15) is 52.9 Å². The molecule has 2 aliphatic rings. The maximum Gasteiger partial charge on any atom is 0.334 e. The first kappa shape index (κ1) is 15.8. The van der Waals surface area contributed by atoms with Crippen LogP contribution in [0.5, 0.6) is 0 Å². The van der Waals surface area contributed by atoms with Crippen molar-refractivity contribution in [3.63, 3.8) is 0 Å². The van der Waals surface area contributed by atoms with Crippen LogP contribution >= 0.6 is 0 Å². The normalized spacial score (nSPS) is 33.0. The van der Waals surface area contributed by atoms with E-state index in [9.17, 15) is 4.79 Å². The molecule has 0 aromatic heterocycles. The summed E-state index contributed by atoms with van der Waals surface area (Å²) >= 11 is 0. The van der Waals surface area contributed by atoms with E-state index in [-0.39, 0.29) is 0 Å². The number of hydrogen-bond donors (Lipinski definition) is 1. The molecule has 0 spiro atoms. The molecule has 4 heteroatoms. The molecule has 1 aliphatic carbocycles. The van der Waals surface area contributed by atoms with Gasteiger partial charge in [0.15, 0.2) is 6.10 Å². The Morgan fingerprint density at radius 3 is 2.50 bits per heavy atom. The molecule has 0 bridgehead atoms. The minimum absolute atomic E-state index is 0.444. The van der Waals surface area contributed by atoms with Gasteiger partial charge in [0, 0.05) is 19.1 Å². The van der Waals surface area contributed by atoms with Crippen molar-refractivity contribution in [1.82, 2.24) is 4.90 Å². The van der Waals surface area contributed by atoms with Crippen LogP contribution in [-0.4, -0.2) is 47.8 Å². The largest absolute Gasteiger partial charge is 0.479 e. The molecule has 20 heavy (non-hydrogen) atoms. The summed E-state index contributed by atoms with van der Waals surface area (Å²) in [4.78, 5) is 13.4. The maximum absolute atomic E-state index is 11.1. The molecule has 0 radical (unpaired) electrons. The Labute approximate surface area is 122 Å². The monoisotopic (exact) mass is 283 g/mol. The van der Waals surface area contributed by atoms with E-state index in [1.165, 1.54) is 32.1 Å². The number of hydrogen-bond acceptors (Lipinski definition) is 3. The van der Waals surface area contributed by atoms with Crippen LogP contribution in [0.25, 0.3) is 0 Å². The summed E-state index contributed by atoms with van der Waals surface area (Å²) in [6, 6.07) is 0.560. The van der Waals surface area contributed by atoms with Crippen LogP contribution in [-0.2, 0) is 9.53 Å². The van der Waals surface area contributed by atoms with Gasteiger partial charge >= 0.3 is 5.97 Å². The van der Waals surface area contributed by atoms with Gasteiger partial charge in [0.2, 0.25) is 0 Å². The molecular weight excluding hydrogens is 254 g/mol. The van der Waals surface area contributed by atoms with Crippen molar-refractivity contribution in [3.05, 3.63) is 0 Å². The third-order valence-corrected chi connectivity index (χ3v) is 5.60. The second-order valence-electron chi connectivity index (χ2n) is 7.04. The predicted octanol–water partition coefficient (Wildman–Crippen LogP) is 2.77. The first-order chi connectivity index (χ1) is 9.44. The summed E-state index contributed by atoms with van der Waals surface area (Å²) in [5, 5.41) is 9.08. The predicted molar refractivity (Wildman–Crippen MR) is 78.8 cm³/mol. The van der Waals surface area contributed by atoms with Crippen LogP contribution < -0.4 is 0 Å². The molecule has 0 amide bonds. The smallest absolute Gasteiger partial charge is 0.334 e. The summed E-state index contributed by atoms with van der Waals surface area (Å²) in [5.74, 6) is -0.00411. The summed E-state index contributed by atoms with van der Waals surface area (Å²) < 4.78 is 5.31. The fraction of sp³-hybridized carbons (Fsp3) is 0.938. The Balaban J connectivity index is 1.86. The third-order valence-electron chi connectivity index (χ3n) is 5.60. The standard InChI is InChI=1S/C16H29NO3/c1-4-16(2,3)12-5-7-13(8-6-12)17-9-10-20-14(11-17)15(18)19/h12-14H,4-11H2,1-3H3,(H,18,19). The minimum Gasteiger partial charge on any atom is -0.479 e. The van der Waals surface area contributed by atoms with E-state index in [2.05, 4.69) is 25.7 Å². The van der Waals surface area contributed by atoms with Gasteiger partial charge in [0.05, 0.1) is 6.61 Å². The summed E-state index contributed by atoms with van der Waals surface area (Å²) in [6.07, 6.45) is 5.58. The average molecular weight is 283 g/mol. The lowest BCUT2D eigenvalue weighted by Gasteiger charge is -2.44. The van der Waals surface area contributed by atoms with Crippen LogP contribution in [0.3, 0.4) is 0 Å². The Morgan fingerprint density at radius 2 is 1.95 bits per heavy atom. The van der Waals surface area contributed by atoms with Gasteiger partial charge < -0.3 is 9.84 Å². The van der Waals surface area contributed by atoms with Crippen molar-refractivity contribution < 1.29 is 14.6 Å². The van der Waals surface area contributed by atoms with E-state index in [4.69, 9.17) is 9.84 Å². The topological polar surface area (TPSA) is 49.8 Å². The van der Waals surface area contributed by atoms with Crippen LogP contribution in [0, 0.1) is 11.3 Å². The Bertz CT molecular complexity index is 335. The lowest BCUT2D eigenvalue weighted by atomic mass is 9.68. The molecule has 1 atom stereocenters. The number of aliphatic carboxylic acids is 1. The quantitative estimate of drug-likeness (QED) is 0.862. The summed E-state index contributed by atoms with van der Waals surface area (Å²) in [7, 11) is 0. The highest BCUT2D eigenvalue weighted by Crippen LogP contribution is 2.41. The maximum atomic E-state index is 11.1. The highest BCUT2D eigenvalue weighted by atomic mass is 16.5. The highest BCUT2D eigenvalue weighted by Gasteiger charge is 2.36. The van der Waals surface area contributed by atoms with Gasteiger partial charge in [-0.25, -0.2) is 4.79 Å². The molecule has 1 saturated carbocycles. The van der Waals surface area contributed by atoms with E-state index in [1.807, 2.05) is 0 Å². The minimum atomic E-state index is -0.824. The number of carbonyl (C=O) groups is 1. The Hall–Kier alpha value is -0.610. The Kier molecular flexibility index (Phi) is 5.08. The average Bonchev–Trinajstić information content (AvgIpc) is 2.47. The number of nitrogens with zero attached hydrogens (tertiary/aromatic N) is 1. The molecule has 0 aromatic carbocycles. The van der Waals surface area contributed by atoms with Crippen LogP contribution in [0.2, 0.25) is 0 Å². The Morgan fingerprint density at radius 1 is 1.30 bits per heavy atom. The van der Waals surface area contributed by atoms with E-state index in [0.717, 1.165) is 12.5 Å². The zero-order valence-electron chi connectivity index (χ0n) is 13.1. The SMILES string of the molecule is CCC(C)(C)C1CCC(N2CCOC(C(=O)O)C2)CC1. The van der Waals surface area contributed by atoms with Crippen molar-refractivity contribution in [2.75, 3.05) is 19.7 Å². The molecule has 2 fully saturated rings. The summed E-state index contributed by atoms with van der Waals surface area (Å²) in [5.41, 5.74) is 0.444. The van der Waals surface area contributed by atoms with Gasteiger partial charge in [-0.2, -0.15) is 0 Å². The van der Waals surface area contributed by atoms with Gasteiger partial charge in [0.25, 0.3) is 0 Å². The molecule has 1 unspecified atom stereocenters. The first-order valence-electron chi connectivity index (χ1n) is 8.02. The molecule has 0 aromatic rings. The van der Waals surface area contributed by atoms with Gasteiger partial charge in [-0.15, -0.1) is 0 Å². The number of ether oxygens (including phenoxy) is 1. The van der Waals surface area contributed by atoms with E-state index >= 15 is 0 Å². The third kappa shape index (κ3) is 3.53. The molecule has 1 N–H and O–H groups in total. The van der Waals surface area contributed by atoms with Gasteiger partial charge in [-0.05, 0) is 37.0 Å². The number of carboxylic acid groups (broad SMARTS) is 1. The van der Waals surface area contributed by atoms with Gasteiger partial charge in [0.1, 0.15) is 0 Å². The van der Waals surface area contributed by atoms with E-state index < -0.39 is 12.1 Å². The fourth-order valence-corrected chi connectivity index (χ4v) is 3.66. The van der Waals surface area contributed by atoms with Crippen molar-refractivity contribution >= 4 is 5.97 Å². The molecule has 1 heterocycles. The molecule has 1 saturated heterocycles. The van der Waals surface area contributed by atoms with Crippen molar-refractivity contribution in [2.24, 2.45) is 11.3 Å². The molecule has 116 valence electrons. The second kappa shape index (κ2) is 6.44. The summed E-state index contributed by atoms with van der Waals surface area (Å²) in [6.45, 7) is 9.04. The molecule has 1 aliphatic heterocycles. The van der Waals surface area contributed by atoms with E-state index in [1.54, 1.807) is 0 Å². The zero-order valence-corrected chi connectivity index (χ0v) is 13.1. The number of carboxylic acids is 1. The van der Waals surface area contributed by atoms with Crippen molar-refractivity contribution in [1.29, 1.82) is 0 Å². The van der Waals surface area contributed by atoms with Gasteiger partial charge in [-0.3, -0.25) is 4.90 Å². The number of rotatable bonds is 4. The van der Waals surface area contributed by atoms with Crippen molar-refractivity contribution in [2.45, 2.75) is 65.0 Å². The van der Waals surface area contributed by atoms with Crippen LogP contribution in [0.15, 0.2) is 0 Å². The van der Waals surface area contributed by atoms with E-state index in [0.29, 0.717) is 24.6 Å². The van der Waals surface area contributed by atoms with Crippen LogP contribution in [0.4, 0.5) is 0 Å². The highest BCUT2D eigenvalue weighted by molar-refractivity contribution is 5.72. The lowest BCUT2D eigenvalue weighted by Crippen LogP contribution is -2.51. The lowest BCUT2D eigenvalue weighted by molar-refractivity contribution is -0.157. The zero-order chi connectivity index (χ0) is 14.8. The molecular formula is C16H29NO3. The van der Waals surface area contributed by atoms with Gasteiger partial charge in [-0.1, -0.05) is 27.2 Å². The second-order valence-corrected chi connectivity index (χ2v) is 7.04. The fourth-order valence-electron chi connectivity index (χ4n) is 3.66. The van der Waals surface area contributed by atoms with Crippen molar-refractivity contribution in [3.8, 4) is 0 Å². The molecule has 4 nitrogen and oxygen atoms in total. The first-order valence-corrected chi connectivity index (χ1v) is 8.02. The molecule has 2 rings (SSSR count).